The van der Waals surface area contributed by atoms with E-state index in [4.69, 9.17) is 5.11 Å². The smallest absolute Gasteiger partial charge is 0.407 e. The molecule has 1 aliphatic heterocycles. The predicted molar refractivity (Wildman–Crippen MR) is 65.7 cm³/mol. The highest BCUT2D eigenvalue weighted by Gasteiger charge is 2.23. The molecule has 1 aromatic rings. The van der Waals surface area contributed by atoms with Gasteiger partial charge in [-0.3, -0.25) is 0 Å². The predicted octanol–water partition coefficient (Wildman–Crippen LogP) is 3.31. The van der Waals surface area contributed by atoms with E-state index < -0.39 is 6.09 Å². The van der Waals surface area contributed by atoms with Gasteiger partial charge in [0.1, 0.15) is 0 Å². The molecular formula is C12H14BrNO2. The number of hydrogen-bond acceptors (Lipinski definition) is 1. The van der Waals surface area contributed by atoms with E-state index >= 15 is 0 Å². The van der Waals surface area contributed by atoms with Crippen LogP contribution in [-0.2, 0) is 0 Å². The van der Waals surface area contributed by atoms with Crippen LogP contribution in [0.25, 0.3) is 0 Å². The summed E-state index contributed by atoms with van der Waals surface area (Å²) in [7, 11) is 0. The average molecular weight is 284 g/mol. The molecule has 0 unspecified atom stereocenters. The molecule has 0 bridgehead atoms. The Morgan fingerprint density at radius 1 is 1.38 bits per heavy atom. The second-order valence-corrected chi connectivity index (χ2v) is 5.01. The number of carbonyl (C=O) groups is 1. The largest absolute Gasteiger partial charge is 0.465 e. The summed E-state index contributed by atoms with van der Waals surface area (Å²) in [4.78, 5) is 12.3. The number of benzene rings is 1. The number of piperidine rings is 1. The van der Waals surface area contributed by atoms with E-state index in [0.717, 1.165) is 17.3 Å². The minimum Gasteiger partial charge on any atom is -0.465 e. The van der Waals surface area contributed by atoms with Gasteiger partial charge in [-0.25, -0.2) is 4.79 Å². The van der Waals surface area contributed by atoms with Crippen molar-refractivity contribution in [1.82, 2.24) is 4.90 Å². The van der Waals surface area contributed by atoms with Crippen LogP contribution in [0.1, 0.15) is 24.3 Å². The van der Waals surface area contributed by atoms with E-state index in [0.29, 0.717) is 19.0 Å². The molecule has 0 spiro atoms. The zero-order valence-electron chi connectivity index (χ0n) is 8.90. The summed E-state index contributed by atoms with van der Waals surface area (Å²) in [5, 5.41) is 8.86. The lowest BCUT2D eigenvalue weighted by atomic mass is 9.90. The molecule has 1 aliphatic rings. The first-order chi connectivity index (χ1) is 7.66. The summed E-state index contributed by atoms with van der Waals surface area (Å²) < 4.78 is 1.09. The summed E-state index contributed by atoms with van der Waals surface area (Å²) in [6, 6.07) is 8.28. The maximum absolute atomic E-state index is 10.8. The standard InChI is InChI=1S/C12H14BrNO2/c13-11-3-1-2-10(8-11)9-4-6-14(7-5-9)12(15)16/h1-3,8-9H,4-7H2,(H,15,16). The van der Waals surface area contributed by atoms with E-state index in [1.54, 1.807) is 0 Å². The van der Waals surface area contributed by atoms with Gasteiger partial charge >= 0.3 is 6.09 Å². The second kappa shape index (κ2) is 4.87. The zero-order valence-corrected chi connectivity index (χ0v) is 10.5. The van der Waals surface area contributed by atoms with Crippen LogP contribution in [0.3, 0.4) is 0 Å². The van der Waals surface area contributed by atoms with Crippen LogP contribution in [0.2, 0.25) is 0 Å². The lowest BCUT2D eigenvalue weighted by Crippen LogP contribution is -2.36. The van der Waals surface area contributed by atoms with Crippen LogP contribution < -0.4 is 0 Å². The molecule has 86 valence electrons. The number of carboxylic acid groups (broad SMARTS) is 1. The van der Waals surface area contributed by atoms with E-state index in [2.05, 4.69) is 28.1 Å². The van der Waals surface area contributed by atoms with Crippen molar-refractivity contribution in [2.24, 2.45) is 0 Å². The number of halogens is 1. The lowest BCUT2D eigenvalue weighted by Gasteiger charge is -2.30. The van der Waals surface area contributed by atoms with Crippen LogP contribution in [0.15, 0.2) is 28.7 Å². The molecule has 0 aromatic heterocycles. The third-order valence-corrected chi connectivity index (χ3v) is 3.58. The third-order valence-electron chi connectivity index (χ3n) is 3.09. The molecule has 1 aromatic carbocycles. The normalized spacial score (nSPS) is 17.4. The Labute approximate surface area is 103 Å². The first-order valence-corrected chi connectivity index (χ1v) is 6.19. The van der Waals surface area contributed by atoms with Crippen molar-refractivity contribution in [1.29, 1.82) is 0 Å². The van der Waals surface area contributed by atoms with Gasteiger partial charge in [-0.1, -0.05) is 28.1 Å². The Kier molecular flexibility index (Phi) is 3.49. The lowest BCUT2D eigenvalue weighted by molar-refractivity contribution is 0.132. The maximum atomic E-state index is 10.8. The van der Waals surface area contributed by atoms with Gasteiger partial charge in [-0.15, -0.1) is 0 Å². The van der Waals surface area contributed by atoms with Gasteiger partial charge in [0.25, 0.3) is 0 Å². The fraction of sp³-hybridized carbons (Fsp3) is 0.417. The Morgan fingerprint density at radius 2 is 2.06 bits per heavy atom. The Hall–Kier alpha value is -1.03. The minimum atomic E-state index is -0.798. The number of nitrogens with zero attached hydrogens (tertiary/aromatic N) is 1. The molecule has 1 heterocycles. The molecule has 3 nitrogen and oxygen atoms in total. The molecule has 0 radical (unpaired) electrons. The molecule has 1 saturated heterocycles. The molecule has 2 rings (SSSR count). The SMILES string of the molecule is O=C(O)N1CCC(c2cccc(Br)c2)CC1. The Balaban J connectivity index is 2.01. The summed E-state index contributed by atoms with van der Waals surface area (Å²) in [5.41, 5.74) is 1.31. The van der Waals surface area contributed by atoms with Crippen LogP contribution >= 0.6 is 15.9 Å². The van der Waals surface area contributed by atoms with Gasteiger partial charge in [0.2, 0.25) is 0 Å². The molecule has 1 amide bonds. The van der Waals surface area contributed by atoms with Gasteiger partial charge in [0, 0.05) is 17.6 Å². The molecule has 4 heteroatoms. The summed E-state index contributed by atoms with van der Waals surface area (Å²) in [6.45, 7) is 1.29. The highest BCUT2D eigenvalue weighted by atomic mass is 79.9. The van der Waals surface area contributed by atoms with Gasteiger partial charge in [-0.05, 0) is 36.5 Å². The van der Waals surface area contributed by atoms with Crippen molar-refractivity contribution in [3.63, 3.8) is 0 Å². The minimum absolute atomic E-state index is 0.494. The van der Waals surface area contributed by atoms with Crippen LogP contribution in [0, 0.1) is 0 Å². The Bertz CT molecular complexity index is 386. The van der Waals surface area contributed by atoms with Gasteiger partial charge in [-0.2, -0.15) is 0 Å². The number of amides is 1. The maximum Gasteiger partial charge on any atom is 0.407 e. The second-order valence-electron chi connectivity index (χ2n) is 4.10. The third kappa shape index (κ3) is 2.55. The van der Waals surface area contributed by atoms with E-state index in [1.165, 1.54) is 10.5 Å². The molecule has 0 saturated carbocycles. The van der Waals surface area contributed by atoms with Crippen molar-refractivity contribution in [2.45, 2.75) is 18.8 Å². The molecule has 1 fully saturated rings. The highest BCUT2D eigenvalue weighted by molar-refractivity contribution is 9.10. The first kappa shape index (κ1) is 11.5. The van der Waals surface area contributed by atoms with E-state index in [1.807, 2.05) is 12.1 Å². The van der Waals surface area contributed by atoms with Gasteiger partial charge < -0.3 is 10.0 Å². The van der Waals surface area contributed by atoms with Crippen LogP contribution in [0.5, 0.6) is 0 Å². The van der Waals surface area contributed by atoms with Crippen LogP contribution in [0.4, 0.5) is 4.79 Å². The summed E-state index contributed by atoms with van der Waals surface area (Å²) >= 11 is 3.46. The first-order valence-electron chi connectivity index (χ1n) is 5.40. The molecular weight excluding hydrogens is 270 g/mol. The fourth-order valence-electron chi connectivity index (χ4n) is 2.16. The van der Waals surface area contributed by atoms with E-state index in [9.17, 15) is 4.79 Å². The quantitative estimate of drug-likeness (QED) is 0.859. The Morgan fingerprint density at radius 3 is 2.62 bits per heavy atom. The number of rotatable bonds is 1. The highest BCUT2D eigenvalue weighted by Crippen LogP contribution is 2.29. The van der Waals surface area contributed by atoms with E-state index in [-0.39, 0.29) is 0 Å². The molecule has 0 aliphatic carbocycles. The monoisotopic (exact) mass is 283 g/mol. The van der Waals surface area contributed by atoms with Crippen molar-refractivity contribution in [3.05, 3.63) is 34.3 Å². The van der Waals surface area contributed by atoms with Gasteiger partial charge in [0.15, 0.2) is 0 Å². The number of likely N-dealkylation sites (tertiary alicyclic amines) is 1. The summed E-state index contributed by atoms with van der Waals surface area (Å²) in [5.74, 6) is 0.494. The van der Waals surface area contributed by atoms with Crippen LogP contribution in [-0.4, -0.2) is 29.2 Å². The average Bonchev–Trinajstić information content (AvgIpc) is 2.29. The molecule has 0 atom stereocenters. The van der Waals surface area contributed by atoms with Crippen molar-refractivity contribution in [3.8, 4) is 0 Å². The van der Waals surface area contributed by atoms with Crippen molar-refractivity contribution in [2.75, 3.05) is 13.1 Å². The van der Waals surface area contributed by atoms with Crippen molar-refractivity contribution >= 4 is 22.0 Å². The van der Waals surface area contributed by atoms with Crippen molar-refractivity contribution < 1.29 is 9.90 Å². The molecule has 16 heavy (non-hydrogen) atoms. The zero-order chi connectivity index (χ0) is 11.5. The summed E-state index contributed by atoms with van der Waals surface area (Å²) in [6.07, 6.45) is 1.04. The molecule has 1 N–H and O–H groups in total. The van der Waals surface area contributed by atoms with Gasteiger partial charge in [0.05, 0.1) is 0 Å². The number of hydrogen-bond donors (Lipinski definition) is 1. The topological polar surface area (TPSA) is 40.5 Å². The fourth-order valence-corrected chi connectivity index (χ4v) is 2.58.